The largest absolute Gasteiger partial charge is 0.485 e. The van der Waals surface area contributed by atoms with Gasteiger partial charge in [0.1, 0.15) is 12.4 Å². The molecule has 4 nitrogen and oxygen atoms in total. The zero-order chi connectivity index (χ0) is 13.1. The molecule has 18 heavy (non-hydrogen) atoms. The molecule has 0 aliphatic carbocycles. The third-order valence-corrected chi connectivity index (χ3v) is 2.79. The first-order valence-electron chi connectivity index (χ1n) is 5.95. The third kappa shape index (κ3) is 2.71. The minimum atomic E-state index is 0.393. The first-order valence-corrected chi connectivity index (χ1v) is 5.95. The molecule has 0 spiro atoms. The van der Waals surface area contributed by atoms with Crippen LogP contribution in [0, 0.1) is 20.8 Å². The standard InChI is InChI=1S/C14H18N2O2/c1-9-4-12(7-15)5-10(2)14(9)17-8-13-6-11(3)16-18-13/h4-6H,7-8,15H2,1-3H3. The van der Waals surface area contributed by atoms with Crippen LogP contribution in [0.25, 0.3) is 0 Å². The van der Waals surface area contributed by atoms with E-state index in [1.165, 1.54) is 0 Å². The Labute approximate surface area is 107 Å². The van der Waals surface area contributed by atoms with E-state index >= 15 is 0 Å². The van der Waals surface area contributed by atoms with E-state index in [1.54, 1.807) is 0 Å². The van der Waals surface area contributed by atoms with E-state index < -0.39 is 0 Å². The van der Waals surface area contributed by atoms with Crippen molar-refractivity contribution in [1.29, 1.82) is 0 Å². The molecule has 96 valence electrons. The maximum Gasteiger partial charge on any atom is 0.174 e. The summed E-state index contributed by atoms with van der Waals surface area (Å²) >= 11 is 0. The minimum absolute atomic E-state index is 0.393. The van der Waals surface area contributed by atoms with Crippen molar-refractivity contribution < 1.29 is 9.26 Å². The van der Waals surface area contributed by atoms with Gasteiger partial charge in [0.25, 0.3) is 0 Å². The van der Waals surface area contributed by atoms with E-state index in [0.717, 1.165) is 33.9 Å². The summed E-state index contributed by atoms with van der Waals surface area (Å²) in [6.45, 7) is 6.87. The number of nitrogens with zero attached hydrogens (tertiary/aromatic N) is 1. The van der Waals surface area contributed by atoms with Crippen LogP contribution in [-0.2, 0) is 13.2 Å². The van der Waals surface area contributed by atoms with E-state index in [0.29, 0.717) is 13.2 Å². The topological polar surface area (TPSA) is 61.3 Å². The van der Waals surface area contributed by atoms with E-state index in [9.17, 15) is 0 Å². The zero-order valence-electron chi connectivity index (χ0n) is 11.0. The van der Waals surface area contributed by atoms with Crippen LogP contribution in [0.3, 0.4) is 0 Å². The lowest BCUT2D eigenvalue weighted by Gasteiger charge is -2.12. The van der Waals surface area contributed by atoms with Gasteiger partial charge in [0.05, 0.1) is 5.69 Å². The van der Waals surface area contributed by atoms with Crippen LogP contribution in [0.1, 0.15) is 28.1 Å². The maximum absolute atomic E-state index is 5.79. The summed E-state index contributed by atoms with van der Waals surface area (Å²) in [6.07, 6.45) is 0. The lowest BCUT2D eigenvalue weighted by atomic mass is 10.1. The van der Waals surface area contributed by atoms with Crippen molar-refractivity contribution in [2.45, 2.75) is 33.9 Å². The van der Waals surface area contributed by atoms with Gasteiger partial charge in [-0.05, 0) is 37.5 Å². The number of nitrogens with two attached hydrogens (primary N) is 1. The summed E-state index contributed by atoms with van der Waals surface area (Å²) in [6, 6.07) is 5.97. The smallest absolute Gasteiger partial charge is 0.174 e. The van der Waals surface area contributed by atoms with Gasteiger partial charge in [0, 0.05) is 12.6 Å². The zero-order valence-corrected chi connectivity index (χ0v) is 11.0. The second-order valence-electron chi connectivity index (χ2n) is 4.49. The highest BCUT2D eigenvalue weighted by atomic mass is 16.5. The predicted octanol–water partition coefficient (Wildman–Crippen LogP) is 2.64. The molecule has 0 radical (unpaired) electrons. The Bertz CT molecular complexity index is 523. The highest BCUT2D eigenvalue weighted by Crippen LogP contribution is 2.25. The molecule has 4 heteroatoms. The molecule has 0 unspecified atom stereocenters. The van der Waals surface area contributed by atoms with Gasteiger partial charge >= 0.3 is 0 Å². The number of aromatic nitrogens is 1. The van der Waals surface area contributed by atoms with E-state index in [4.69, 9.17) is 15.0 Å². The number of rotatable bonds is 4. The van der Waals surface area contributed by atoms with Crippen LogP contribution in [0.2, 0.25) is 0 Å². The monoisotopic (exact) mass is 246 g/mol. The van der Waals surface area contributed by atoms with E-state index in [1.807, 2.05) is 39.0 Å². The van der Waals surface area contributed by atoms with Crippen LogP contribution in [0.15, 0.2) is 22.7 Å². The van der Waals surface area contributed by atoms with Crippen LogP contribution in [0.5, 0.6) is 5.75 Å². The summed E-state index contributed by atoms with van der Waals surface area (Å²) in [4.78, 5) is 0. The molecule has 2 N–H and O–H groups in total. The molecule has 0 saturated carbocycles. The average molecular weight is 246 g/mol. The molecule has 1 heterocycles. The van der Waals surface area contributed by atoms with Gasteiger partial charge < -0.3 is 15.0 Å². The number of aryl methyl sites for hydroxylation is 3. The second kappa shape index (κ2) is 5.23. The molecule has 0 fully saturated rings. The van der Waals surface area contributed by atoms with Crippen molar-refractivity contribution in [1.82, 2.24) is 5.16 Å². The van der Waals surface area contributed by atoms with Gasteiger partial charge in [-0.15, -0.1) is 0 Å². The number of benzene rings is 1. The van der Waals surface area contributed by atoms with Gasteiger partial charge in [0.15, 0.2) is 5.76 Å². The van der Waals surface area contributed by atoms with E-state index in [-0.39, 0.29) is 0 Å². The van der Waals surface area contributed by atoms with Crippen molar-refractivity contribution in [3.8, 4) is 5.75 Å². The predicted molar refractivity (Wildman–Crippen MR) is 69.4 cm³/mol. The first-order chi connectivity index (χ1) is 8.60. The Morgan fingerprint density at radius 2 is 1.83 bits per heavy atom. The molecular formula is C14H18N2O2. The van der Waals surface area contributed by atoms with Crippen molar-refractivity contribution in [2.75, 3.05) is 0 Å². The average Bonchev–Trinajstić information content (AvgIpc) is 2.73. The quantitative estimate of drug-likeness (QED) is 0.900. The van der Waals surface area contributed by atoms with Crippen molar-refractivity contribution in [3.05, 3.63) is 46.3 Å². The Morgan fingerprint density at radius 1 is 1.17 bits per heavy atom. The van der Waals surface area contributed by atoms with Gasteiger partial charge in [-0.1, -0.05) is 17.3 Å². The molecule has 0 aliphatic rings. The Balaban J connectivity index is 2.14. The Kier molecular flexibility index (Phi) is 3.67. The fourth-order valence-electron chi connectivity index (χ4n) is 2.01. The van der Waals surface area contributed by atoms with Crippen LogP contribution >= 0.6 is 0 Å². The van der Waals surface area contributed by atoms with E-state index in [2.05, 4.69) is 5.16 Å². The summed E-state index contributed by atoms with van der Waals surface area (Å²) in [5.41, 5.74) is 9.80. The fourth-order valence-corrected chi connectivity index (χ4v) is 2.01. The first kappa shape index (κ1) is 12.6. The SMILES string of the molecule is Cc1cc(COc2c(C)cc(CN)cc2C)on1. The molecule has 2 rings (SSSR count). The third-order valence-electron chi connectivity index (χ3n) is 2.79. The lowest BCUT2D eigenvalue weighted by Crippen LogP contribution is -2.02. The Hall–Kier alpha value is -1.81. The number of hydrogen-bond acceptors (Lipinski definition) is 4. The molecular weight excluding hydrogens is 228 g/mol. The fraction of sp³-hybridized carbons (Fsp3) is 0.357. The normalized spacial score (nSPS) is 10.7. The maximum atomic E-state index is 5.79. The minimum Gasteiger partial charge on any atom is -0.485 e. The second-order valence-corrected chi connectivity index (χ2v) is 4.49. The van der Waals surface area contributed by atoms with Crippen molar-refractivity contribution in [3.63, 3.8) is 0 Å². The summed E-state index contributed by atoms with van der Waals surface area (Å²) in [5.74, 6) is 1.62. The van der Waals surface area contributed by atoms with Gasteiger partial charge in [0.2, 0.25) is 0 Å². The lowest BCUT2D eigenvalue weighted by molar-refractivity contribution is 0.246. The van der Waals surface area contributed by atoms with Gasteiger partial charge in [-0.25, -0.2) is 0 Å². The van der Waals surface area contributed by atoms with Gasteiger partial charge in [-0.2, -0.15) is 0 Å². The molecule has 1 aromatic carbocycles. The molecule has 1 aromatic heterocycles. The van der Waals surface area contributed by atoms with Crippen LogP contribution in [-0.4, -0.2) is 5.16 Å². The Morgan fingerprint density at radius 3 is 2.33 bits per heavy atom. The molecule has 2 aromatic rings. The van der Waals surface area contributed by atoms with Crippen LogP contribution < -0.4 is 10.5 Å². The summed E-state index contributed by atoms with van der Waals surface area (Å²) in [5, 5.41) is 3.83. The van der Waals surface area contributed by atoms with Crippen molar-refractivity contribution in [2.24, 2.45) is 5.73 Å². The molecule has 0 amide bonds. The van der Waals surface area contributed by atoms with Gasteiger partial charge in [-0.3, -0.25) is 0 Å². The molecule has 0 saturated heterocycles. The van der Waals surface area contributed by atoms with Crippen LogP contribution in [0.4, 0.5) is 0 Å². The summed E-state index contributed by atoms with van der Waals surface area (Å²) < 4.78 is 10.9. The molecule has 0 atom stereocenters. The van der Waals surface area contributed by atoms with Crippen molar-refractivity contribution >= 4 is 0 Å². The highest BCUT2D eigenvalue weighted by Gasteiger charge is 2.08. The summed E-state index contributed by atoms with van der Waals surface area (Å²) in [7, 11) is 0. The highest BCUT2D eigenvalue weighted by molar-refractivity contribution is 5.43. The number of hydrogen-bond donors (Lipinski definition) is 1. The number of ether oxygens (including phenoxy) is 1. The molecule has 0 aliphatic heterocycles. The molecule has 0 bridgehead atoms.